The van der Waals surface area contributed by atoms with Gasteiger partial charge in [0.2, 0.25) is 0 Å². The second kappa shape index (κ2) is 5.40. The lowest BCUT2D eigenvalue weighted by atomic mass is 10.3. The number of methoxy groups -OCH3 is 1. The van der Waals surface area contributed by atoms with Crippen molar-refractivity contribution in [2.75, 3.05) is 12.8 Å². The molecule has 0 atom stereocenters. The molecule has 0 radical (unpaired) electrons. The SMILES string of the molecule is COc1cc(Cl)ccc1OCn1nc(C)c(N)c1C. The molecule has 5 nitrogen and oxygen atoms in total. The molecule has 0 spiro atoms. The van der Waals surface area contributed by atoms with Gasteiger partial charge in [0.1, 0.15) is 0 Å². The van der Waals surface area contributed by atoms with Crippen molar-refractivity contribution in [3.63, 3.8) is 0 Å². The Labute approximate surface area is 116 Å². The van der Waals surface area contributed by atoms with E-state index in [1.807, 2.05) is 13.8 Å². The summed E-state index contributed by atoms with van der Waals surface area (Å²) in [6, 6.07) is 5.21. The van der Waals surface area contributed by atoms with Crippen LogP contribution in [0.3, 0.4) is 0 Å². The fourth-order valence-corrected chi connectivity index (χ4v) is 1.89. The van der Waals surface area contributed by atoms with Crippen LogP contribution in [0.1, 0.15) is 11.4 Å². The van der Waals surface area contributed by atoms with Crippen molar-refractivity contribution in [3.05, 3.63) is 34.6 Å². The van der Waals surface area contributed by atoms with Gasteiger partial charge in [0.15, 0.2) is 18.2 Å². The maximum Gasteiger partial charge on any atom is 0.181 e. The van der Waals surface area contributed by atoms with Gasteiger partial charge in [0.05, 0.1) is 24.2 Å². The number of nitrogens with zero attached hydrogens (tertiary/aromatic N) is 2. The third-order valence-electron chi connectivity index (χ3n) is 2.91. The summed E-state index contributed by atoms with van der Waals surface area (Å²) < 4.78 is 12.6. The zero-order chi connectivity index (χ0) is 14.0. The molecular formula is C13H16ClN3O2. The normalized spacial score (nSPS) is 10.5. The average molecular weight is 282 g/mol. The summed E-state index contributed by atoms with van der Waals surface area (Å²) in [5, 5.41) is 4.89. The van der Waals surface area contributed by atoms with Gasteiger partial charge in [0, 0.05) is 11.1 Å². The Morgan fingerprint density at radius 3 is 2.63 bits per heavy atom. The molecule has 0 fully saturated rings. The molecule has 0 saturated carbocycles. The number of rotatable bonds is 4. The summed E-state index contributed by atoms with van der Waals surface area (Å²) >= 11 is 5.89. The highest BCUT2D eigenvalue weighted by molar-refractivity contribution is 6.30. The molecule has 2 N–H and O–H groups in total. The Bertz CT molecular complexity index is 596. The number of ether oxygens (including phenoxy) is 2. The highest BCUT2D eigenvalue weighted by Gasteiger charge is 2.10. The Morgan fingerprint density at radius 1 is 1.32 bits per heavy atom. The summed E-state index contributed by atoms with van der Waals surface area (Å²) in [4.78, 5) is 0. The minimum Gasteiger partial charge on any atom is -0.493 e. The molecule has 1 aromatic heterocycles. The highest BCUT2D eigenvalue weighted by Crippen LogP contribution is 2.30. The van der Waals surface area contributed by atoms with Crippen molar-refractivity contribution < 1.29 is 9.47 Å². The van der Waals surface area contributed by atoms with Crippen LogP contribution in [0.25, 0.3) is 0 Å². The Hall–Kier alpha value is -1.88. The summed E-state index contributed by atoms with van der Waals surface area (Å²) in [5.74, 6) is 1.19. The van der Waals surface area contributed by atoms with E-state index in [4.69, 9.17) is 26.8 Å². The Morgan fingerprint density at radius 2 is 2.05 bits per heavy atom. The molecule has 0 amide bonds. The van der Waals surface area contributed by atoms with Crippen LogP contribution in [-0.2, 0) is 6.73 Å². The maximum atomic E-state index is 5.89. The minimum atomic E-state index is 0.266. The second-order valence-corrected chi connectivity index (χ2v) is 4.59. The van der Waals surface area contributed by atoms with E-state index in [-0.39, 0.29) is 6.73 Å². The van der Waals surface area contributed by atoms with E-state index < -0.39 is 0 Å². The molecule has 0 bridgehead atoms. The van der Waals surface area contributed by atoms with Gasteiger partial charge in [-0.2, -0.15) is 5.10 Å². The molecule has 2 aromatic rings. The summed E-state index contributed by atoms with van der Waals surface area (Å²) in [5.41, 5.74) is 8.23. The van der Waals surface area contributed by atoms with Crippen LogP contribution in [-0.4, -0.2) is 16.9 Å². The molecule has 2 rings (SSSR count). The van der Waals surface area contributed by atoms with Gasteiger partial charge in [-0.25, -0.2) is 4.68 Å². The van der Waals surface area contributed by atoms with Crippen molar-refractivity contribution in [3.8, 4) is 11.5 Å². The van der Waals surface area contributed by atoms with E-state index in [2.05, 4.69) is 5.10 Å². The summed E-state index contributed by atoms with van der Waals surface area (Å²) in [6.07, 6.45) is 0. The van der Waals surface area contributed by atoms with Crippen LogP contribution in [0.4, 0.5) is 5.69 Å². The van der Waals surface area contributed by atoms with E-state index >= 15 is 0 Å². The smallest absolute Gasteiger partial charge is 0.181 e. The first-order valence-corrected chi connectivity index (χ1v) is 6.16. The van der Waals surface area contributed by atoms with Gasteiger partial charge >= 0.3 is 0 Å². The zero-order valence-electron chi connectivity index (χ0n) is 11.1. The van der Waals surface area contributed by atoms with E-state index in [0.29, 0.717) is 22.2 Å². The van der Waals surface area contributed by atoms with Crippen LogP contribution in [0.15, 0.2) is 18.2 Å². The lowest BCUT2D eigenvalue weighted by Crippen LogP contribution is -2.09. The van der Waals surface area contributed by atoms with Gasteiger partial charge in [-0.05, 0) is 26.0 Å². The van der Waals surface area contributed by atoms with Crippen molar-refractivity contribution in [1.29, 1.82) is 0 Å². The first-order chi connectivity index (χ1) is 9.02. The van der Waals surface area contributed by atoms with Gasteiger partial charge in [-0.3, -0.25) is 0 Å². The number of aromatic nitrogens is 2. The number of hydrogen-bond acceptors (Lipinski definition) is 4. The van der Waals surface area contributed by atoms with Crippen LogP contribution in [0.2, 0.25) is 5.02 Å². The monoisotopic (exact) mass is 281 g/mol. The first-order valence-electron chi connectivity index (χ1n) is 5.78. The van der Waals surface area contributed by atoms with Crippen molar-refractivity contribution in [1.82, 2.24) is 9.78 Å². The lowest BCUT2D eigenvalue weighted by Gasteiger charge is -2.11. The predicted octanol–water partition coefficient (Wildman–Crippen LogP) is 2.78. The number of hydrogen-bond donors (Lipinski definition) is 1. The number of aryl methyl sites for hydroxylation is 1. The minimum absolute atomic E-state index is 0.266. The fourth-order valence-electron chi connectivity index (χ4n) is 1.73. The van der Waals surface area contributed by atoms with Crippen molar-refractivity contribution >= 4 is 17.3 Å². The number of halogens is 1. The maximum absolute atomic E-state index is 5.89. The van der Waals surface area contributed by atoms with E-state index in [9.17, 15) is 0 Å². The first kappa shape index (κ1) is 13.5. The third-order valence-corrected chi connectivity index (χ3v) is 3.14. The predicted molar refractivity (Wildman–Crippen MR) is 74.7 cm³/mol. The molecule has 102 valence electrons. The van der Waals surface area contributed by atoms with Crippen LogP contribution >= 0.6 is 11.6 Å². The van der Waals surface area contributed by atoms with Gasteiger partial charge in [-0.15, -0.1) is 0 Å². The molecule has 0 saturated heterocycles. The van der Waals surface area contributed by atoms with Crippen LogP contribution < -0.4 is 15.2 Å². The molecule has 0 unspecified atom stereocenters. The number of anilines is 1. The summed E-state index contributed by atoms with van der Waals surface area (Å²) in [7, 11) is 1.57. The molecule has 0 aliphatic heterocycles. The average Bonchev–Trinajstić information content (AvgIpc) is 2.64. The molecule has 19 heavy (non-hydrogen) atoms. The fraction of sp³-hybridized carbons (Fsp3) is 0.308. The highest BCUT2D eigenvalue weighted by atomic mass is 35.5. The van der Waals surface area contributed by atoms with Crippen molar-refractivity contribution in [2.24, 2.45) is 0 Å². The van der Waals surface area contributed by atoms with Crippen LogP contribution in [0, 0.1) is 13.8 Å². The number of benzene rings is 1. The topological polar surface area (TPSA) is 62.3 Å². The molecule has 1 aromatic carbocycles. The zero-order valence-corrected chi connectivity index (χ0v) is 11.9. The molecule has 0 aliphatic rings. The molecule has 1 heterocycles. The lowest BCUT2D eigenvalue weighted by molar-refractivity contribution is 0.208. The number of nitrogens with two attached hydrogens (primary N) is 1. The van der Waals surface area contributed by atoms with Gasteiger partial charge in [0.25, 0.3) is 0 Å². The van der Waals surface area contributed by atoms with Gasteiger partial charge in [-0.1, -0.05) is 11.6 Å². The number of nitrogen functional groups attached to an aromatic ring is 1. The standard InChI is InChI=1S/C13H16ClN3O2/c1-8-13(15)9(2)17(16-8)7-19-11-5-4-10(14)6-12(11)18-3/h4-6H,7,15H2,1-3H3. The van der Waals surface area contributed by atoms with Crippen LogP contribution in [0.5, 0.6) is 11.5 Å². The van der Waals surface area contributed by atoms with Gasteiger partial charge < -0.3 is 15.2 Å². The third kappa shape index (κ3) is 2.76. The quantitative estimate of drug-likeness (QED) is 0.936. The Kier molecular flexibility index (Phi) is 3.85. The molecule has 0 aliphatic carbocycles. The van der Waals surface area contributed by atoms with E-state index in [1.54, 1.807) is 30.0 Å². The second-order valence-electron chi connectivity index (χ2n) is 4.15. The largest absolute Gasteiger partial charge is 0.493 e. The summed E-state index contributed by atoms with van der Waals surface area (Å²) in [6.45, 7) is 4.03. The Balaban J connectivity index is 2.16. The van der Waals surface area contributed by atoms with E-state index in [0.717, 1.165) is 11.4 Å². The molecular weight excluding hydrogens is 266 g/mol. The van der Waals surface area contributed by atoms with Crippen molar-refractivity contribution in [2.45, 2.75) is 20.6 Å². The molecule has 6 heteroatoms. The van der Waals surface area contributed by atoms with E-state index in [1.165, 1.54) is 0 Å².